The zero-order valence-electron chi connectivity index (χ0n) is 10.1. The molecule has 0 bridgehead atoms. The number of nitrogens with zero attached hydrogens (tertiary/aromatic N) is 2. The van der Waals surface area contributed by atoms with Crippen LogP contribution in [0.15, 0.2) is 12.4 Å². The summed E-state index contributed by atoms with van der Waals surface area (Å²) in [5.74, 6) is 0.456. The molecule has 2 rings (SSSR count). The fourth-order valence-corrected chi connectivity index (χ4v) is 1.56. The minimum atomic E-state index is -0.0940. The van der Waals surface area contributed by atoms with Crippen molar-refractivity contribution >= 4 is 5.91 Å². The number of pyridine rings is 1. The molecule has 1 saturated carbocycles. The molecule has 0 unspecified atom stereocenters. The molecule has 0 saturated heterocycles. The van der Waals surface area contributed by atoms with E-state index in [1.54, 1.807) is 26.5 Å². The summed E-state index contributed by atoms with van der Waals surface area (Å²) >= 11 is 0. The molecule has 1 heterocycles. The van der Waals surface area contributed by atoms with Crippen molar-refractivity contribution < 1.29 is 9.53 Å². The monoisotopic (exact) mass is 235 g/mol. The van der Waals surface area contributed by atoms with Gasteiger partial charge in [0, 0.05) is 32.4 Å². The van der Waals surface area contributed by atoms with Crippen LogP contribution in [-0.4, -0.2) is 36.0 Å². The number of aromatic nitrogens is 1. The van der Waals surface area contributed by atoms with Crippen molar-refractivity contribution in [2.75, 3.05) is 14.1 Å². The van der Waals surface area contributed by atoms with Crippen molar-refractivity contribution in [3.63, 3.8) is 0 Å². The van der Waals surface area contributed by atoms with E-state index < -0.39 is 0 Å². The van der Waals surface area contributed by atoms with Crippen molar-refractivity contribution in [2.45, 2.75) is 25.5 Å². The van der Waals surface area contributed by atoms with Gasteiger partial charge in [0.2, 0.25) is 0 Å². The van der Waals surface area contributed by atoms with E-state index in [4.69, 9.17) is 10.5 Å². The van der Waals surface area contributed by atoms with Gasteiger partial charge in [0.1, 0.15) is 0 Å². The Labute approximate surface area is 101 Å². The summed E-state index contributed by atoms with van der Waals surface area (Å²) in [6.07, 6.45) is 5.54. The van der Waals surface area contributed by atoms with Gasteiger partial charge in [-0.2, -0.15) is 0 Å². The SMILES string of the molecule is CN(C)C(=O)c1c(CN)cncc1OC1CC1. The lowest BCUT2D eigenvalue weighted by Crippen LogP contribution is -2.25. The molecular weight excluding hydrogens is 218 g/mol. The molecule has 1 aliphatic rings. The lowest BCUT2D eigenvalue weighted by Gasteiger charge is -2.16. The maximum atomic E-state index is 12.1. The van der Waals surface area contributed by atoms with Crippen LogP contribution in [0, 0.1) is 0 Å². The molecule has 0 atom stereocenters. The van der Waals surface area contributed by atoms with Crippen LogP contribution in [0.25, 0.3) is 0 Å². The number of ether oxygens (including phenoxy) is 1. The molecule has 1 aromatic rings. The van der Waals surface area contributed by atoms with Crippen LogP contribution in [0.3, 0.4) is 0 Å². The molecule has 1 fully saturated rings. The summed E-state index contributed by atoms with van der Waals surface area (Å²) in [6.45, 7) is 0.282. The van der Waals surface area contributed by atoms with E-state index in [1.807, 2.05) is 0 Å². The predicted octanol–water partition coefficient (Wildman–Crippen LogP) is 0.783. The zero-order chi connectivity index (χ0) is 12.4. The van der Waals surface area contributed by atoms with E-state index in [-0.39, 0.29) is 18.6 Å². The molecule has 0 aromatic carbocycles. The molecule has 0 radical (unpaired) electrons. The molecule has 1 amide bonds. The number of hydrogen-bond donors (Lipinski definition) is 1. The van der Waals surface area contributed by atoms with Crippen LogP contribution in [-0.2, 0) is 6.54 Å². The Morgan fingerprint density at radius 2 is 2.24 bits per heavy atom. The number of carbonyl (C=O) groups is 1. The first-order valence-corrected chi connectivity index (χ1v) is 5.68. The number of nitrogens with two attached hydrogens (primary N) is 1. The topological polar surface area (TPSA) is 68.5 Å². The van der Waals surface area contributed by atoms with Gasteiger partial charge in [-0.3, -0.25) is 9.78 Å². The Morgan fingerprint density at radius 1 is 1.53 bits per heavy atom. The van der Waals surface area contributed by atoms with E-state index in [0.29, 0.717) is 11.3 Å². The van der Waals surface area contributed by atoms with Crippen LogP contribution >= 0.6 is 0 Å². The van der Waals surface area contributed by atoms with E-state index in [2.05, 4.69) is 4.98 Å². The third-order valence-corrected chi connectivity index (χ3v) is 2.65. The molecule has 5 heteroatoms. The van der Waals surface area contributed by atoms with Crippen molar-refractivity contribution in [1.82, 2.24) is 9.88 Å². The van der Waals surface area contributed by atoms with Crippen molar-refractivity contribution in [2.24, 2.45) is 5.73 Å². The van der Waals surface area contributed by atoms with E-state index in [1.165, 1.54) is 4.90 Å². The fraction of sp³-hybridized carbons (Fsp3) is 0.500. The second-order valence-electron chi connectivity index (χ2n) is 4.39. The van der Waals surface area contributed by atoms with Gasteiger partial charge in [-0.05, 0) is 12.8 Å². The van der Waals surface area contributed by atoms with Gasteiger partial charge in [0.05, 0.1) is 17.9 Å². The normalized spacial score (nSPS) is 14.5. The molecule has 17 heavy (non-hydrogen) atoms. The Hall–Kier alpha value is -1.62. The van der Waals surface area contributed by atoms with E-state index in [0.717, 1.165) is 18.4 Å². The Morgan fingerprint density at radius 3 is 2.76 bits per heavy atom. The predicted molar refractivity (Wildman–Crippen MR) is 63.8 cm³/mol. The maximum absolute atomic E-state index is 12.1. The minimum Gasteiger partial charge on any atom is -0.488 e. The summed E-state index contributed by atoms with van der Waals surface area (Å²) in [4.78, 5) is 17.7. The van der Waals surface area contributed by atoms with Gasteiger partial charge in [-0.1, -0.05) is 0 Å². The smallest absolute Gasteiger partial charge is 0.257 e. The van der Waals surface area contributed by atoms with E-state index >= 15 is 0 Å². The van der Waals surface area contributed by atoms with Gasteiger partial charge in [-0.15, -0.1) is 0 Å². The molecule has 0 aliphatic heterocycles. The fourth-order valence-electron chi connectivity index (χ4n) is 1.56. The maximum Gasteiger partial charge on any atom is 0.257 e. The molecule has 1 aromatic heterocycles. The lowest BCUT2D eigenvalue weighted by molar-refractivity contribution is 0.0821. The summed E-state index contributed by atoms with van der Waals surface area (Å²) < 4.78 is 5.70. The van der Waals surface area contributed by atoms with Gasteiger partial charge in [0.15, 0.2) is 5.75 Å². The zero-order valence-corrected chi connectivity index (χ0v) is 10.1. The first kappa shape index (κ1) is 11.9. The summed E-state index contributed by atoms with van der Waals surface area (Å²) in [5, 5.41) is 0. The van der Waals surface area contributed by atoms with Crippen LogP contribution < -0.4 is 10.5 Å². The number of carbonyl (C=O) groups excluding carboxylic acids is 1. The van der Waals surface area contributed by atoms with Crippen molar-refractivity contribution in [1.29, 1.82) is 0 Å². The highest BCUT2D eigenvalue weighted by molar-refractivity contribution is 5.98. The molecule has 0 spiro atoms. The number of hydrogen-bond acceptors (Lipinski definition) is 4. The van der Waals surface area contributed by atoms with Gasteiger partial charge >= 0.3 is 0 Å². The molecule has 1 aliphatic carbocycles. The lowest BCUT2D eigenvalue weighted by atomic mass is 10.1. The third-order valence-electron chi connectivity index (χ3n) is 2.65. The molecule has 5 nitrogen and oxygen atoms in total. The summed E-state index contributed by atoms with van der Waals surface area (Å²) in [5.41, 5.74) is 6.90. The highest BCUT2D eigenvalue weighted by Crippen LogP contribution is 2.30. The standard InChI is InChI=1S/C12H17N3O2/c1-15(2)12(16)11-8(5-13)6-14-7-10(11)17-9-3-4-9/h6-7,9H,3-5,13H2,1-2H3. The minimum absolute atomic E-state index is 0.0940. The van der Waals surface area contributed by atoms with Gasteiger partial charge < -0.3 is 15.4 Å². The number of rotatable bonds is 4. The van der Waals surface area contributed by atoms with Crippen LogP contribution in [0.5, 0.6) is 5.75 Å². The summed E-state index contributed by atoms with van der Waals surface area (Å²) in [7, 11) is 3.42. The van der Waals surface area contributed by atoms with Crippen LogP contribution in [0.1, 0.15) is 28.8 Å². The Balaban J connectivity index is 2.38. The molecule has 2 N–H and O–H groups in total. The summed E-state index contributed by atoms with van der Waals surface area (Å²) in [6, 6.07) is 0. The van der Waals surface area contributed by atoms with Crippen molar-refractivity contribution in [3.05, 3.63) is 23.5 Å². The quantitative estimate of drug-likeness (QED) is 0.837. The molecule has 92 valence electrons. The van der Waals surface area contributed by atoms with Crippen LogP contribution in [0.4, 0.5) is 0 Å². The largest absolute Gasteiger partial charge is 0.488 e. The Bertz CT molecular complexity index is 428. The van der Waals surface area contributed by atoms with Crippen LogP contribution in [0.2, 0.25) is 0 Å². The third kappa shape index (κ3) is 2.55. The van der Waals surface area contributed by atoms with Gasteiger partial charge in [0.25, 0.3) is 5.91 Å². The number of amides is 1. The second-order valence-corrected chi connectivity index (χ2v) is 4.39. The second kappa shape index (κ2) is 4.71. The Kier molecular flexibility index (Phi) is 3.28. The first-order chi connectivity index (χ1) is 8.13. The highest BCUT2D eigenvalue weighted by Gasteiger charge is 2.27. The highest BCUT2D eigenvalue weighted by atomic mass is 16.5. The average molecular weight is 235 g/mol. The van der Waals surface area contributed by atoms with E-state index in [9.17, 15) is 4.79 Å². The molecular formula is C12H17N3O2. The average Bonchev–Trinajstić information content (AvgIpc) is 3.11. The van der Waals surface area contributed by atoms with Crippen molar-refractivity contribution in [3.8, 4) is 5.75 Å². The first-order valence-electron chi connectivity index (χ1n) is 5.68. The van der Waals surface area contributed by atoms with Gasteiger partial charge in [-0.25, -0.2) is 0 Å².